The third kappa shape index (κ3) is 6.80. The summed E-state index contributed by atoms with van der Waals surface area (Å²) in [5.41, 5.74) is 2.20. The Hall–Kier alpha value is -5.05. The van der Waals surface area contributed by atoms with E-state index in [1.165, 1.54) is 12.1 Å². The Kier molecular flexibility index (Phi) is 9.99. The van der Waals surface area contributed by atoms with Gasteiger partial charge < -0.3 is 18.9 Å². The third-order valence-corrected chi connectivity index (χ3v) is 6.24. The largest absolute Gasteiger partial charge is 0.494 e. The first-order valence-corrected chi connectivity index (χ1v) is 13.8. The molecule has 1 heterocycles. The highest BCUT2D eigenvalue weighted by atomic mass is 16.5. The van der Waals surface area contributed by atoms with Gasteiger partial charge in [-0.05, 0) is 68.7 Å². The van der Waals surface area contributed by atoms with Crippen molar-refractivity contribution in [2.24, 2.45) is 0 Å². The van der Waals surface area contributed by atoms with E-state index >= 15 is 0 Å². The topological polar surface area (TPSA) is 103 Å². The lowest BCUT2D eigenvalue weighted by atomic mass is 10.0. The van der Waals surface area contributed by atoms with Crippen LogP contribution >= 0.6 is 0 Å². The maximum atomic E-state index is 13.7. The molecule has 218 valence electrons. The molecule has 42 heavy (non-hydrogen) atoms. The molecule has 0 saturated carbocycles. The first-order valence-electron chi connectivity index (χ1n) is 13.8. The second-order valence-corrected chi connectivity index (χ2v) is 9.16. The molecule has 1 aliphatic heterocycles. The van der Waals surface area contributed by atoms with Crippen LogP contribution in [0.5, 0.6) is 23.0 Å². The number of nitrogens with zero attached hydrogens (tertiary/aromatic N) is 1. The van der Waals surface area contributed by atoms with Crippen LogP contribution in [0.4, 0.5) is 10.5 Å². The Bertz CT molecular complexity index is 1500. The molecule has 0 radical (unpaired) electrons. The molecule has 0 atom stereocenters. The van der Waals surface area contributed by atoms with Gasteiger partial charge in [0.1, 0.15) is 23.7 Å². The van der Waals surface area contributed by atoms with Gasteiger partial charge in [-0.15, -0.1) is 6.58 Å². The number of nitrogens with one attached hydrogen (secondary N) is 1. The molecule has 0 spiro atoms. The molecule has 9 nitrogen and oxygen atoms in total. The molecule has 1 N–H and O–H groups in total. The van der Waals surface area contributed by atoms with E-state index in [0.717, 1.165) is 16.0 Å². The summed E-state index contributed by atoms with van der Waals surface area (Å²) in [5, 5.41) is 2.27. The molecule has 4 amide bonds. The Morgan fingerprint density at radius 3 is 2.24 bits per heavy atom. The second-order valence-electron chi connectivity index (χ2n) is 9.16. The van der Waals surface area contributed by atoms with Crippen LogP contribution in [0.15, 0.2) is 78.9 Å². The van der Waals surface area contributed by atoms with Gasteiger partial charge in [0.05, 0.1) is 25.5 Å². The van der Waals surface area contributed by atoms with Crippen LogP contribution in [-0.4, -0.2) is 37.7 Å². The van der Waals surface area contributed by atoms with E-state index < -0.39 is 17.8 Å². The highest BCUT2D eigenvalue weighted by molar-refractivity contribution is 6.39. The molecule has 3 aromatic rings. The van der Waals surface area contributed by atoms with Crippen molar-refractivity contribution in [2.75, 3.05) is 24.7 Å². The number of imide groups is 2. The van der Waals surface area contributed by atoms with E-state index in [1.807, 2.05) is 44.2 Å². The lowest BCUT2D eigenvalue weighted by Gasteiger charge is -2.28. The molecule has 1 fully saturated rings. The zero-order chi connectivity index (χ0) is 30.1. The van der Waals surface area contributed by atoms with Gasteiger partial charge in [-0.25, -0.2) is 9.69 Å². The summed E-state index contributed by atoms with van der Waals surface area (Å²) < 4.78 is 23.4. The van der Waals surface area contributed by atoms with Gasteiger partial charge in [0, 0.05) is 11.6 Å². The summed E-state index contributed by atoms with van der Waals surface area (Å²) in [6.45, 7) is 10.7. The summed E-state index contributed by atoms with van der Waals surface area (Å²) in [7, 11) is 0. The minimum atomic E-state index is -0.885. The lowest BCUT2D eigenvalue weighted by Crippen LogP contribution is -2.54. The fourth-order valence-corrected chi connectivity index (χ4v) is 4.48. The third-order valence-electron chi connectivity index (χ3n) is 6.24. The van der Waals surface area contributed by atoms with Crippen LogP contribution in [-0.2, 0) is 22.6 Å². The molecule has 1 aliphatic rings. The van der Waals surface area contributed by atoms with Gasteiger partial charge in [0.15, 0.2) is 11.5 Å². The zero-order valence-electron chi connectivity index (χ0n) is 24.0. The molecule has 4 rings (SSSR count). The van der Waals surface area contributed by atoms with Gasteiger partial charge in [-0.3, -0.25) is 14.9 Å². The van der Waals surface area contributed by atoms with Gasteiger partial charge in [-0.1, -0.05) is 36.4 Å². The standard InChI is InChI=1S/C33H34N2O7/c1-5-12-24-17-23(19-29(41-8-4)30(24)42-21-22-13-10-9-11-14-22)18-26-31(36)34-33(38)35(32(26)37)27-20-25(39-6-2)15-16-28(27)40-7-3/h5,9-11,13-20H,1,6-8,12,21H2,2-4H3,(H,34,36,38)/b26-18+. The van der Waals surface area contributed by atoms with Crippen molar-refractivity contribution in [1.82, 2.24) is 5.32 Å². The van der Waals surface area contributed by atoms with Gasteiger partial charge >= 0.3 is 6.03 Å². The Morgan fingerprint density at radius 2 is 1.55 bits per heavy atom. The lowest BCUT2D eigenvalue weighted by molar-refractivity contribution is -0.122. The van der Waals surface area contributed by atoms with Crippen LogP contribution in [0.3, 0.4) is 0 Å². The van der Waals surface area contributed by atoms with Crippen molar-refractivity contribution in [3.8, 4) is 23.0 Å². The van der Waals surface area contributed by atoms with Crippen molar-refractivity contribution < 1.29 is 33.3 Å². The zero-order valence-corrected chi connectivity index (χ0v) is 24.0. The number of urea groups is 1. The van der Waals surface area contributed by atoms with E-state index in [4.69, 9.17) is 18.9 Å². The fourth-order valence-electron chi connectivity index (χ4n) is 4.48. The Labute approximate surface area is 245 Å². The Morgan fingerprint density at radius 1 is 0.833 bits per heavy atom. The predicted molar refractivity (Wildman–Crippen MR) is 160 cm³/mol. The van der Waals surface area contributed by atoms with E-state index in [1.54, 1.807) is 37.3 Å². The van der Waals surface area contributed by atoms with Gasteiger partial charge in [0.2, 0.25) is 0 Å². The SMILES string of the molecule is C=CCc1cc(/C=C2\C(=O)NC(=O)N(c3cc(OCC)ccc3OCC)C2=O)cc(OCC)c1OCc1ccccc1. The van der Waals surface area contributed by atoms with Crippen molar-refractivity contribution >= 4 is 29.6 Å². The quantitative estimate of drug-likeness (QED) is 0.156. The Balaban J connectivity index is 1.75. The summed E-state index contributed by atoms with van der Waals surface area (Å²) in [4.78, 5) is 40.5. The maximum Gasteiger partial charge on any atom is 0.336 e. The van der Waals surface area contributed by atoms with Crippen LogP contribution in [0.25, 0.3) is 6.08 Å². The second kappa shape index (κ2) is 14.0. The van der Waals surface area contributed by atoms with Gasteiger partial charge in [0.25, 0.3) is 11.8 Å². The van der Waals surface area contributed by atoms with Crippen molar-refractivity contribution in [3.63, 3.8) is 0 Å². The number of anilines is 1. The van der Waals surface area contributed by atoms with Crippen molar-refractivity contribution in [1.29, 1.82) is 0 Å². The summed E-state index contributed by atoms with van der Waals surface area (Å²) in [5.74, 6) is 0.136. The summed E-state index contributed by atoms with van der Waals surface area (Å²) >= 11 is 0. The van der Waals surface area contributed by atoms with E-state index in [2.05, 4.69) is 11.9 Å². The summed E-state index contributed by atoms with van der Waals surface area (Å²) in [6.07, 6.45) is 3.62. The number of amides is 4. The molecule has 0 aromatic heterocycles. The minimum Gasteiger partial charge on any atom is -0.494 e. The number of ether oxygens (including phenoxy) is 4. The molecule has 0 aliphatic carbocycles. The van der Waals surface area contributed by atoms with Crippen molar-refractivity contribution in [2.45, 2.75) is 33.8 Å². The monoisotopic (exact) mass is 570 g/mol. The molecule has 9 heteroatoms. The molecular formula is C33H34N2O7. The summed E-state index contributed by atoms with van der Waals surface area (Å²) in [6, 6.07) is 17.2. The number of carbonyl (C=O) groups excluding carboxylic acids is 3. The average molecular weight is 571 g/mol. The normalized spacial score (nSPS) is 14.0. The number of carbonyl (C=O) groups is 3. The van der Waals surface area contributed by atoms with Crippen LogP contribution in [0.1, 0.15) is 37.5 Å². The van der Waals surface area contributed by atoms with Crippen molar-refractivity contribution in [3.05, 3.63) is 95.6 Å². The van der Waals surface area contributed by atoms with E-state index in [0.29, 0.717) is 61.4 Å². The molecule has 3 aromatic carbocycles. The average Bonchev–Trinajstić information content (AvgIpc) is 2.97. The molecular weight excluding hydrogens is 536 g/mol. The number of hydrogen-bond donors (Lipinski definition) is 1. The number of allylic oxidation sites excluding steroid dienone is 1. The minimum absolute atomic E-state index is 0.163. The van der Waals surface area contributed by atoms with Crippen LogP contribution < -0.4 is 29.2 Å². The number of rotatable bonds is 13. The molecule has 0 bridgehead atoms. The highest BCUT2D eigenvalue weighted by Crippen LogP contribution is 2.37. The first kappa shape index (κ1) is 29.9. The maximum absolute atomic E-state index is 13.7. The fraction of sp³-hybridized carbons (Fsp3) is 0.242. The van der Waals surface area contributed by atoms with Crippen LogP contribution in [0, 0.1) is 0 Å². The first-order chi connectivity index (χ1) is 20.4. The van der Waals surface area contributed by atoms with E-state index in [9.17, 15) is 14.4 Å². The van der Waals surface area contributed by atoms with Crippen LogP contribution in [0.2, 0.25) is 0 Å². The number of hydrogen-bond acceptors (Lipinski definition) is 7. The van der Waals surface area contributed by atoms with Gasteiger partial charge in [-0.2, -0.15) is 0 Å². The molecule has 1 saturated heterocycles. The number of benzene rings is 3. The van der Waals surface area contributed by atoms with E-state index in [-0.39, 0.29) is 11.3 Å². The molecule has 0 unspecified atom stereocenters. The highest BCUT2D eigenvalue weighted by Gasteiger charge is 2.38. The smallest absolute Gasteiger partial charge is 0.336 e. The number of barbiturate groups is 1. The predicted octanol–water partition coefficient (Wildman–Crippen LogP) is 5.86.